The zero-order valence-corrected chi connectivity index (χ0v) is 16.5. The van der Waals surface area contributed by atoms with Crippen LogP contribution in [-0.4, -0.2) is 55.4 Å². The van der Waals surface area contributed by atoms with E-state index < -0.39 is 11.9 Å². The molecule has 2 unspecified atom stereocenters. The Hall–Kier alpha value is -3.07. The third-order valence-corrected chi connectivity index (χ3v) is 6.31. The summed E-state index contributed by atoms with van der Waals surface area (Å²) < 4.78 is 1.68. The van der Waals surface area contributed by atoms with Gasteiger partial charge in [-0.05, 0) is 61.3 Å². The first-order chi connectivity index (χ1) is 14.5. The van der Waals surface area contributed by atoms with Crippen molar-refractivity contribution in [1.82, 2.24) is 25.2 Å². The summed E-state index contributed by atoms with van der Waals surface area (Å²) in [7, 11) is 0. The number of fused-ring (bicyclic) bond motifs is 1. The predicted molar refractivity (Wildman–Crippen MR) is 104 cm³/mol. The van der Waals surface area contributed by atoms with Gasteiger partial charge in [0.2, 0.25) is 11.8 Å². The second kappa shape index (κ2) is 7.32. The SMILES string of the molecule is O=C1CCC(N2Cc3cc(-n4cc(CC(CO)C5CC5)nn4)ccc3C2=O)C(=O)N1. The highest BCUT2D eigenvalue weighted by molar-refractivity contribution is 6.05. The lowest BCUT2D eigenvalue weighted by Crippen LogP contribution is -2.52. The smallest absolute Gasteiger partial charge is 0.255 e. The van der Waals surface area contributed by atoms with Crippen molar-refractivity contribution in [3.8, 4) is 5.69 Å². The molecule has 1 aromatic carbocycles. The minimum Gasteiger partial charge on any atom is -0.396 e. The maximum absolute atomic E-state index is 12.8. The summed E-state index contributed by atoms with van der Waals surface area (Å²) in [6.07, 6.45) is 5.48. The molecule has 156 valence electrons. The highest BCUT2D eigenvalue weighted by Gasteiger charge is 2.39. The number of piperidine rings is 1. The molecule has 2 aromatic rings. The summed E-state index contributed by atoms with van der Waals surface area (Å²) in [5.41, 5.74) is 3.02. The zero-order chi connectivity index (χ0) is 20.8. The first-order valence-corrected chi connectivity index (χ1v) is 10.3. The number of hydrogen-bond donors (Lipinski definition) is 2. The van der Waals surface area contributed by atoms with Crippen LogP contribution in [-0.2, 0) is 22.6 Å². The van der Waals surface area contributed by atoms with E-state index in [9.17, 15) is 19.5 Å². The minimum absolute atomic E-state index is 0.161. The summed E-state index contributed by atoms with van der Waals surface area (Å²) in [4.78, 5) is 37.9. The molecule has 1 aliphatic carbocycles. The molecule has 1 saturated carbocycles. The van der Waals surface area contributed by atoms with Crippen LogP contribution >= 0.6 is 0 Å². The quantitative estimate of drug-likeness (QED) is 0.675. The van der Waals surface area contributed by atoms with Crippen LogP contribution in [0.15, 0.2) is 24.4 Å². The van der Waals surface area contributed by atoms with Crippen LogP contribution in [0, 0.1) is 11.8 Å². The van der Waals surface area contributed by atoms with Gasteiger partial charge in [-0.25, -0.2) is 4.68 Å². The molecule has 0 spiro atoms. The molecule has 3 amide bonds. The molecular weight excluding hydrogens is 386 g/mol. The molecule has 9 heteroatoms. The first-order valence-electron chi connectivity index (χ1n) is 10.3. The average molecular weight is 409 g/mol. The number of nitrogens with one attached hydrogen (secondary N) is 1. The van der Waals surface area contributed by atoms with Crippen molar-refractivity contribution in [3.05, 3.63) is 41.2 Å². The van der Waals surface area contributed by atoms with E-state index in [0.29, 0.717) is 30.9 Å². The number of amides is 3. The maximum Gasteiger partial charge on any atom is 0.255 e. The van der Waals surface area contributed by atoms with Crippen LogP contribution in [0.2, 0.25) is 0 Å². The molecule has 3 aliphatic rings. The molecule has 3 heterocycles. The van der Waals surface area contributed by atoms with Crippen LogP contribution in [0.1, 0.15) is 47.3 Å². The number of nitrogens with zero attached hydrogens (tertiary/aromatic N) is 4. The number of benzene rings is 1. The van der Waals surface area contributed by atoms with Crippen LogP contribution in [0.25, 0.3) is 5.69 Å². The Morgan fingerprint density at radius 1 is 1.20 bits per heavy atom. The number of carbonyl (C=O) groups excluding carboxylic acids is 3. The summed E-state index contributed by atoms with van der Waals surface area (Å²) in [6, 6.07) is 4.83. The molecule has 1 aromatic heterocycles. The van der Waals surface area contributed by atoms with E-state index >= 15 is 0 Å². The van der Waals surface area contributed by atoms with E-state index in [1.807, 2.05) is 18.3 Å². The van der Waals surface area contributed by atoms with Gasteiger partial charge in [0.15, 0.2) is 0 Å². The largest absolute Gasteiger partial charge is 0.396 e. The number of hydrogen-bond acceptors (Lipinski definition) is 6. The second-order valence-corrected chi connectivity index (χ2v) is 8.38. The van der Waals surface area contributed by atoms with E-state index in [4.69, 9.17) is 0 Å². The highest BCUT2D eigenvalue weighted by atomic mass is 16.3. The second-order valence-electron chi connectivity index (χ2n) is 8.38. The van der Waals surface area contributed by atoms with Crippen molar-refractivity contribution in [3.63, 3.8) is 0 Å². The summed E-state index contributed by atoms with van der Waals surface area (Å²) in [5, 5.41) is 20.3. The van der Waals surface area contributed by atoms with E-state index in [1.165, 1.54) is 17.7 Å². The fourth-order valence-electron chi connectivity index (χ4n) is 4.44. The zero-order valence-electron chi connectivity index (χ0n) is 16.5. The third kappa shape index (κ3) is 3.39. The first kappa shape index (κ1) is 18.9. The molecule has 2 atom stereocenters. The molecule has 2 aliphatic heterocycles. The minimum atomic E-state index is -0.623. The van der Waals surface area contributed by atoms with E-state index in [0.717, 1.165) is 16.9 Å². The Labute approximate surface area is 173 Å². The van der Waals surface area contributed by atoms with Gasteiger partial charge in [-0.3, -0.25) is 19.7 Å². The standard InChI is InChI=1S/C21H23N5O4/c27-11-14(12-1-2-12)7-15-10-26(24-23-15)16-3-4-17-13(8-16)9-25(21(17)30)18-5-6-19(28)22-20(18)29/h3-4,8,10,12,14,18,27H,1-2,5-7,9,11H2,(H,22,28,29). The predicted octanol–water partition coefficient (Wildman–Crippen LogP) is 0.589. The van der Waals surface area contributed by atoms with Crippen molar-refractivity contribution in [2.45, 2.75) is 44.7 Å². The number of carbonyl (C=O) groups is 3. The van der Waals surface area contributed by atoms with Crippen molar-refractivity contribution >= 4 is 17.7 Å². The van der Waals surface area contributed by atoms with Gasteiger partial charge in [-0.2, -0.15) is 0 Å². The maximum atomic E-state index is 12.8. The van der Waals surface area contributed by atoms with Gasteiger partial charge in [0.1, 0.15) is 6.04 Å². The number of aliphatic hydroxyl groups is 1. The summed E-state index contributed by atoms with van der Waals surface area (Å²) >= 11 is 0. The van der Waals surface area contributed by atoms with Crippen molar-refractivity contribution in [2.24, 2.45) is 11.8 Å². The number of rotatable bonds is 6. The van der Waals surface area contributed by atoms with Crippen LogP contribution in [0.3, 0.4) is 0 Å². The Kier molecular flexibility index (Phi) is 4.62. The molecular formula is C21H23N5O4. The molecule has 5 rings (SSSR count). The number of aromatic nitrogens is 3. The average Bonchev–Trinajstić information content (AvgIpc) is 3.39. The van der Waals surface area contributed by atoms with E-state index in [-0.39, 0.29) is 30.8 Å². The number of imide groups is 1. The Morgan fingerprint density at radius 3 is 2.77 bits per heavy atom. The van der Waals surface area contributed by atoms with Crippen molar-refractivity contribution in [1.29, 1.82) is 0 Å². The molecule has 30 heavy (non-hydrogen) atoms. The Balaban J connectivity index is 1.33. The van der Waals surface area contributed by atoms with Gasteiger partial charge < -0.3 is 10.0 Å². The molecule has 2 N–H and O–H groups in total. The molecule has 2 fully saturated rings. The Bertz CT molecular complexity index is 1030. The molecule has 1 saturated heterocycles. The number of aliphatic hydroxyl groups excluding tert-OH is 1. The van der Waals surface area contributed by atoms with Gasteiger partial charge in [0, 0.05) is 25.1 Å². The summed E-state index contributed by atoms with van der Waals surface area (Å²) in [5.74, 6) is -0.0858. The molecule has 9 nitrogen and oxygen atoms in total. The van der Waals surface area contributed by atoms with Crippen LogP contribution in [0.4, 0.5) is 0 Å². The normalized spacial score (nSPS) is 22.2. The molecule has 0 bridgehead atoms. The fraction of sp³-hybridized carbons (Fsp3) is 0.476. The van der Waals surface area contributed by atoms with Crippen molar-refractivity contribution in [2.75, 3.05) is 6.61 Å². The van der Waals surface area contributed by atoms with Gasteiger partial charge in [0.05, 0.1) is 17.6 Å². The Morgan fingerprint density at radius 2 is 2.03 bits per heavy atom. The summed E-state index contributed by atoms with van der Waals surface area (Å²) in [6.45, 7) is 0.485. The third-order valence-electron chi connectivity index (χ3n) is 6.31. The molecule has 0 radical (unpaired) electrons. The lowest BCUT2D eigenvalue weighted by Gasteiger charge is -2.29. The van der Waals surface area contributed by atoms with E-state index in [1.54, 1.807) is 10.7 Å². The topological polar surface area (TPSA) is 117 Å². The van der Waals surface area contributed by atoms with Gasteiger partial charge in [-0.1, -0.05) is 5.21 Å². The monoisotopic (exact) mass is 409 g/mol. The lowest BCUT2D eigenvalue weighted by atomic mass is 9.99. The van der Waals surface area contributed by atoms with Crippen molar-refractivity contribution < 1.29 is 19.5 Å². The fourth-order valence-corrected chi connectivity index (χ4v) is 4.44. The van der Waals surface area contributed by atoms with Crippen LogP contribution < -0.4 is 5.32 Å². The van der Waals surface area contributed by atoms with Gasteiger partial charge in [-0.15, -0.1) is 5.10 Å². The van der Waals surface area contributed by atoms with Gasteiger partial charge >= 0.3 is 0 Å². The van der Waals surface area contributed by atoms with Gasteiger partial charge in [0.25, 0.3) is 5.91 Å². The highest BCUT2D eigenvalue weighted by Crippen LogP contribution is 2.38. The van der Waals surface area contributed by atoms with E-state index in [2.05, 4.69) is 15.6 Å². The lowest BCUT2D eigenvalue weighted by molar-refractivity contribution is -0.136. The van der Waals surface area contributed by atoms with Crippen LogP contribution in [0.5, 0.6) is 0 Å².